The number of benzene rings is 1. The number of aldehydes is 1. The average molecular weight is 204 g/mol. The van der Waals surface area contributed by atoms with E-state index < -0.39 is 0 Å². The summed E-state index contributed by atoms with van der Waals surface area (Å²) in [6, 6.07) is 7.31. The number of carbonyl (C=O) groups is 2. The minimum Gasteiger partial charge on any atom is -0.360 e. The van der Waals surface area contributed by atoms with Gasteiger partial charge in [0, 0.05) is 24.3 Å². The highest BCUT2D eigenvalue weighted by atomic mass is 16.2. The summed E-state index contributed by atoms with van der Waals surface area (Å²) in [5, 5.41) is 2.75. The molecule has 0 aromatic heterocycles. The Morgan fingerprint density at radius 3 is 2.87 bits per heavy atom. The number of nitrogens with zero attached hydrogens (tertiary/aromatic N) is 1. The van der Waals surface area contributed by atoms with Crippen LogP contribution in [0.3, 0.4) is 0 Å². The van der Waals surface area contributed by atoms with E-state index in [0.29, 0.717) is 18.7 Å². The summed E-state index contributed by atoms with van der Waals surface area (Å²) in [5.74, 6) is 0.00181. The van der Waals surface area contributed by atoms with Gasteiger partial charge in [-0.25, -0.2) is 0 Å². The van der Waals surface area contributed by atoms with E-state index in [0.717, 1.165) is 18.5 Å². The first kappa shape index (κ1) is 9.71. The number of nitrogens with one attached hydrogen (secondary N) is 1. The molecular formula is C11H12N2O2. The zero-order valence-corrected chi connectivity index (χ0v) is 8.27. The molecule has 0 spiro atoms. The zero-order valence-electron chi connectivity index (χ0n) is 8.27. The number of anilines is 1. The Kier molecular flexibility index (Phi) is 2.67. The first-order valence-electron chi connectivity index (χ1n) is 4.87. The normalized spacial score (nSPS) is 16.0. The molecule has 4 nitrogen and oxygen atoms in total. The molecule has 0 aliphatic carbocycles. The second-order valence-corrected chi connectivity index (χ2v) is 3.45. The molecule has 15 heavy (non-hydrogen) atoms. The van der Waals surface area contributed by atoms with Gasteiger partial charge >= 0.3 is 0 Å². The molecule has 0 radical (unpaired) electrons. The van der Waals surface area contributed by atoms with Crippen LogP contribution in [0.2, 0.25) is 0 Å². The third kappa shape index (κ3) is 1.98. The minimum atomic E-state index is 0.00181. The third-order valence-corrected chi connectivity index (χ3v) is 2.44. The topological polar surface area (TPSA) is 49.4 Å². The Hall–Kier alpha value is -1.84. The van der Waals surface area contributed by atoms with E-state index in [1.165, 1.54) is 0 Å². The Bertz CT molecular complexity index is 390. The molecule has 1 fully saturated rings. The predicted octanol–water partition coefficient (Wildman–Crippen LogP) is 0.435. The van der Waals surface area contributed by atoms with Crippen molar-refractivity contribution in [2.75, 3.05) is 24.5 Å². The van der Waals surface area contributed by atoms with Gasteiger partial charge in [0.05, 0.1) is 6.54 Å². The van der Waals surface area contributed by atoms with Gasteiger partial charge in [-0.3, -0.25) is 9.59 Å². The number of para-hydroxylation sites is 1. The van der Waals surface area contributed by atoms with Crippen LogP contribution in [0.25, 0.3) is 0 Å². The van der Waals surface area contributed by atoms with Gasteiger partial charge in [0.15, 0.2) is 6.29 Å². The molecule has 0 unspecified atom stereocenters. The van der Waals surface area contributed by atoms with Gasteiger partial charge in [0.25, 0.3) is 0 Å². The fourth-order valence-electron chi connectivity index (χ4n) is 1.72. The lowest BCUT2D eigenvalue weighted by molar-refractivity contribution is -0.120. The van der Waals surface area contributed by atoms with E-state index in [9.17, 15) is 9.59 Å². The number of hydrogen-bond donors (Lipinski definition) is 1. The van der Waals surface area contributed by atoms with Gasteiger partial charge in [0.1, 0.15) is 0 Å². The molecule has 78 valence electrons. The van der Waals surface area contributed by atoms with Crippen LogP contribution in [0.5, 0.6) is 0 Å². The van der Waals surface area contributed by atoms with Crippen molar-refractivity contribution in [1.29, 1.82) is 0 Å². The number of carbonyl (C=O) groups excluding carboxylic acids is 2. The summed E-state index contributed by atoms with van der Waals surface area (Å²) in [6.07, 6.45) is 0.821. The number of rotatable bonds is 2. The van der Waals surface area contributed by atoms with Crippen LogP contribution in [-0.2, 0) is 4.79 Å². The molecule has 1 N–H and O–H groups in total. The lowest BCUT2D eigenvalue weighted by Gasteiger charge is -2.29. The summed E-state index contributed by atoms with van der Waals surface area (Å²) in [4.78, 5) is 23.9. The predicted molar refractivity (Wildman–Crippen MR) is 57.1 cm³/mol. The Labute approximate surface area is 87.9 Å². The molecule has 1 aromatic rings. The van der Waals surface area contributed by atoms with Crippen molar-refractivity contribution >= 4 is 17.9 Å². The first-order valence-corrected chi connectivity index (χ1v) is 4.87. The highest BCUT2D eigenvalue weighted by Crippen LogP contribution is 2.18. The second-order valence-electron chi connectivity index (χ2n) is 3.45. The van der Waals surface area contributed by atoms with E-state index in [2.05, 4.69) is 5.32 Å². The van der Waals surface area contributed by atoms with Gasteiger partial charge in [0.2, 0.25) is 5.91 Å². The fraction of sp³-hybridized carbons (Fsp3) is 0.273. The maximum absolute atomic E-state index is 11.2. The fourth-order valence-corrected chi connectivity index (χ4v) is 1.72. The second kappa shape index (κ2) is 4.13. The molecule has 0 saturated carbocycles. The Morgan fingerprint density at radius 2 is 2.13 bits per heavy atom. The molecule has 1 aromatic carbocycles. The van der Waals surface area contributed by atoms with Crippen LogP contribution < -0.4 is 10.2 Å². The SMILES string of the molecule is O=Cc1ccccc1N1CCNC(=O)C1. The van der Waals surface area contributed by atoms with Crippen molar-refractivity contribution in [3.05, 3.63) is 29.8 Å². The van der Waals surface area contributed by atoms with E-state index in [1.807, 2.05) is 23.1 Å². The largest absolute Gasteiger partial charge is 0.360 e. The lowest BCUT2D eigenvalue weighted by Crippen LogP contribution is -2.48. The van der Waals surface area contributed by atoms with Gasteiger partial charge in [-0.1, -0.05) is 12.1 Å². The number of amides is 1. The van der Waals surface area contributed by atoms with Crippen molar-refractivity contribution in [1.82, 2.24) is 5.32 Å². The monoisotopic (exact) mass is 204 g/mol. The molecule has 1 aliphatic rings. The number of hydrogen-bond acceptors (Lipinski definition) is 3. The molecule has 0 atom stereocenters. The quantitative estimate of drug-likeness (QED) is 0.711. The van der Waals surface area contributed by atoms with E-state index >= 15 is 0 Å². The lowest BCUT2D eigenvalue weighted by atomic mass is 10.1. The highest BCUT2D eigenvalue weighted by Gasteiger charge is 2.18. The summed E-state index contributed by atoms with van der Waals surface area (Å²) in [6.45, 7) is 1.70. The van der Waals surface area contributed by atoms with E-state index in [-0.39, 0.29) is 5.91 Å². The van der Waals surface area contributed by atoms with E-state index in [1.54, 1.807) is 6.07 Å². The number of piperazine rings is 1. The molecule has 2 rings (SSSR count). The van der Waals surface area contributed by atoms with Crippen molar-refractivity contribution < 1.29 is 9.59 Å². The van der Waals surface area contributed by atoms with Gasteiger partial charge in [-0.2, -0.15) is 0 Å². The van der Waals surface area contributed by atoms with Crippen LogP contribution in [0.15, 0.2) is 24.3 Å². The van der Waals surface area contributed by atoms with Crippen molar-refractivity contribution in [2.24, 2.45) is 0 Å². The van der Waals surface area contributed by atoms with Gasteiger partial charge in [-0.05, 0) is 12.1 Å². The van der Waals surface area contributed by atoms with Crippen molar-refractivity contribution in [3.8, 4) is 0 Å². The van der Waals surface area contributed by atoms with Gasteiger partial charge < -0.3 is 10.2 Å². The third-order valence-electron chi connectivity index (χ3n) is 2.44. The Balaban J connectivity index is 2.27. The van der Waals surface area contributed by atoms with Crippen LogP contribution in [0.1, 0.15) is 10.4 Å². The molecule has 1 amide bonds. The molecular weight excluding hydrogens is 192 g/mol. The summed E-state index contributed by atoms with van der Waals surface area (Å²) < 4.78 is 0. The maximum Gasteiger partial charge on any atom is 0.239 e. The van der Waals surface area contributed by atoms with Gasteiger partial charge in [-0.15, -0.1) is 0 Å². The van der Waals surface area contributed by atoms with Crippen LogP contribution in [0, 0.1) is 0 Å². The average Bonchev–Trinajstić information content (AvgIpc) is 2.29. The molecule has 4 heteroatoms. The van der Waals surface area contributed by atoms with Crippen LogP contribution >= 0.6 is 0 Å². The zero-order chi connectivity index (χ0) is 10.7. The molecule has 0 bridgehead atoms. The molecule has 1 aliphatic heterocycles. The standard InChI is InChI=1S/C11H12N2O2/c14-8-9-3-1-2-4-10(9)13-6-5-12-11(15)7-13/h1-4,8H,5-7H2,(H,12,15). The van der Waals surface area contributed by atoms with Crippen LogP contribution in [-0.4, -0.2) is 31.8 Å². The smallest absolute Gasteiger partial charge is 0.239 e. The molecule has 1 saturated heterocycles. The van der Waals surface area contributed by atoms with Crippen molar-refractivity contribution in [2.45, 2.75) is 0 Å². The Morgan fingerprint density at radius 1 is 1.33 bits per heavy atom. The highest BCUT2D eigenvalue weighted by molar-refractivity contribution is 5.88. The summed E-state index contributed by atoms with van der Waals surface area (Å²) in [5.41, 5.74) is 1.47. The summed E-state index contributed by atoms with van der Waals surface area (Å²) in [7, 11) is 0. The van der Waals surface area contributed by atoms with Crippen molar-refractivity contribution in [3.63, 3.8) is 0 Å². The summed E-state index contributed by atoms with van der Waals surface area (Å²) >= 11 is 0. The van der Waals surface area contributed by atoms with Crippen LogP contribution in [0.4, 0.5) is 5.69 Å². The molecule has 1 heterocycles. The first-order chi connectivity index (χ1) is 7.31. The van der Waals surface area contributed by atoms with E-state index in [4.69, 9.17) is 0 Å². The minimum absolute atomic E-state index is 0.00181. The maximum atomic E-state index is 11.2.